The van der Waals surface area contributed by atoms with Gasteiger partial charge in [-0.15, -0.1) is 0 Å². The molecule has 150 valence electrons. The summed E-state index contributed by atoms with van der Waals surface area (Å²) in [5, 5.41) is 12.1. The van der Waals surface area contributed by atoms with Crippen LogP contribution in [0.2, 0.25) is 0 Å². The molecule has 4 nitrogen and oxygen atoms in total. The van der Waals surface area contributed by atoms with E-state index >= 15 is 0 Å². The van der Waals surface area contributed by atoms with Crippen LogP contribution < -0.4 is 4.89 Å². The van der Waals surface area contributed by atoms with Gasteiger partial charge < -0.3 is 14.7 Å². The minimum Gasteiger partial charge on any atom is -0.630 e. The van der Waals surface area contributed by atoms with Crippen LogP contribution in [0.3, 0.4) is 0 Å². The average Bonchev–Trinajstić information content (AvgIpc) is 2.73. The normalized spacial score (nSPS) is 13.9. The number of carboxylic acid groups (broad SMARTS) is 1. The van der Waals surface area contributed by atoms with Crippen LogP contribution in [0.5, 0.6) is 0 Å². The number of benzene rings is 3. The highest BCUT2D eigenvalue weighted by atomic mass is 32.2. The molecule has 1 N–H and O–H groups in total. The third-order valence-corrected chi connectivity index (χ3v) is 7.43. The first-order valence-electron chi connectivity index (χ1n) is 9.36. The van der Waals surface area contributed by atoms with Crippen molar-refractivity contribution in [1.82, 2.24) is 0 Å². The van der Waals surface area contributed by atoms with E-state index < -0.39 is 19.3 Å². The molecule has 0 aromatic heterocycles. The van der Waals surface area contributed by atoms with Crippen molar-refractivity contribution in [2.24, 2.45) is 0 Å². The van der Waals surface area contributed by atoms with E-state index in [2.05, 4.69) is 0 Å². The van der Waals surface area contributed by atoms with E-state index in [1.165, 1.54) is 17.6 Å². The Morgan fingerprint density at radius 2 is 1.79 bits per heavy atom. The zero-order valence-electron chi connectivity index (χ0n) is 16.2. The first-order valence-corrected chi connectivity index (χ1v) is 11.9. The molecule has 29 heavy (non-hydrogen) atoms. The van der Waals surface area contributed by atoms with Gasteiger partial charge in [0, 0.05) is 17.9 Å². The number of carboxylic acids is 1. The second-order valence-corrected chi connectivity index (χ2v) is 9.44. The molecule has 0 aliphatic heterocycles. The standard InChI is InChI=1S/C23H23O4PS/c1-2-27-23(22(24)25,15-18-9-4-3-5-10-18)16-28(26)17-29-21-14-8-12-19-11-6-7-13-20(19)21/h3-14,16H,2,15,17H2,1H3,(H,24,25). The van der Waals surface area contributed by atoms with Crippen LogP contribution in [0.15, 0.2) is 77.7 Å². The Morgan fingerprint density at radius 1 is 1.10 bits per heavy atom. The summed E-state index contributed by atoms with van der Waals surface area (Å²) in [6, 6.07) is 23.3. The molecule has 0 aliphatic rings. The zero-order valence-corrected chi connectivity index (χ0v) is 17.9. The first kappa shape index (κ1) is 21.5. The van der Waals surface area contributed by atoms with Gasteiger partial charge >= 0.3 is 5.97 Å². The molecule has 0 aliphatic carbocycles. The lowest BCUT2D eigenvalue weighted by molar-refractivity contribution is -0.158. The minimum atomic E-state index is -1.91. The summed E-state index contributed by atoms with van der Waals surface area (Å²) < 4.78 is 5.64. The van der Waals surface area contributed by atoms with Crippen LogP contribution in [0.25, 0.3) is 10.8 Å². The van der Waals surface area contributed by atoms with Gasteiger partial charge in [0.2, 0.25) is 5.60 Å². The highest BCUT2D eigenvalue weighted by Crippen LogP contribution is 2.33. The molecule has 0 spiro atoms. The Bertz CT molecular complexity index is 1000. The summed E-state index contributed by atoms with van der Waals surface area (Å²) in [5.41, 5.74) is -0.493. The number of rotatable bonds is 9. The molecular formula is C23H23O4PS. The van der Waals surface area contributed by atoms with Crippen molar-refractivity contribution < 1.29 is 19.5 Å². The molecule has 3 aromatic rings. The molecule has 0 bridgehead atoms. The second-order valence-electron chi connectivity index (χ2n) is 6.59. The van der Waals surface area contributed by atoms with E-state index in [9.17, 15) is 14.8 Å². The molecule has 0 saturated heterocycles. The summed E-state index contributed by atoms with van der Waals surface area (Å²) in [6.45, 7) is 1.96. The Kier molecular flexibility index (Phi) is 7.45. The second kappa shape index (κ2) is 10.0. The maximum atomic E-state index is 12.9. The van der Waals surface area contributed by atoms with E-state index in [4.69, 9.17) is 4.74 Å². The van der Waals surface area contributed by atoms with Crippen molar-refractivity contribution in [3.8, 4) is 0 Å². The van der Waals surface area contributed by atoms with Crippen LogP contribution >= 0.6 is 19.5 Å². The van der Waals surface area contributed by atoms with Crippen LogP contribution in [0.4, 0.5) is 0 Å². The number of hydrogen-bond donors (Lipinski definition) is 1. The summed E-state index contributed by atoms with van der Waals surface area (Å²) in [7, 11) is -1.91. The quantitative estimate of drug-likeness (QED) is 0.402. The van der Waals surface area contributed by atoms with Crippen molar-refractivity contribution in [1.29, 1.82) is 0 Å². The summed E-state index contributed by atoms with van der Waals surface area (Å²) >= 11 is 1.47. The van der Waals surface area contributed by atoms with Gasteiger partial charge in [-0.1, -0.05) is 78.5 Å². The monoisotopic (exact) mass is 426 g/mol. The van der Waals surface area contributed by atoms with Crippen molar-refractivity contribution in [3.05, 3.63) is 78.4 Å². The van der Waals surface area contributed by atoms with E-state index in [1.807, 2.05) is 72.8 Å². The SMILES string of the molecule is CCOC(C=[P+]([O-])CSc1cccc2ccccc12)(Cc1ccccc1)C(=O)O. The third-order valence-electron chi connectivity index (χ3n) is 4.52. The maximum Gasteiger partial charge on any atom is 0.344 e. The van der Waals surface area contributed by atoms with Gasteiger partial charge in [-0.25, -0.2) is 4.79 Å². The summed E-state index contributed by atoms with van der Waals surface area (Å²) in [4.78, 5) is 26.0. The van der Waals surface area contributed by atoms with Gasteiger partial charge in [0.05, 0.1) is 7.77 Å². The van der Waals surface area contributed by atoms with Crippen LogP contribution in [0, 0.1) is 0 Å². The van der Waals surface area contributed by atoms with Crippen LogP contribution in [0.1, 0.15) is 12.5 Å². The topological polar surface area (TPSA) is 69.6 Å². The smallest absolute Gasteiger partial charge is 0.344 e. The highest BCUT2D eigenvalue weighted by molar-refractivity contribution is 8.04. The molecule has 0 heterocycles. The molecule has 0 amide bonds. The third kappa shape index (κ3) is 5.46. The average molecular weight is 426 g/mol. The number of hydrogen-bond acceptors (Lipinski definition) is 4. The number of carbonyl (C=O) groups is 1. The molecule has 2 atom stereocenters. The van der Waals surface area contributed by atoms with Gasteiger partial charge in [-0.3, -0.25) is 0 Å². The number of thioether (sulfide) groups is 1. The Hall–Kier alpha value is -2.17. The summed E-state index contributed by atoms with van der Waals surface area (Å²) in [6.07, 6.45) is 0.136. The van der Waals surface area contributed by atoms with Crippen molar-refractivity contribution in [2.45, 2.75) is 23.8 Å². The largest absolute Gasteiger partial charge is 0.630 e. The minimum absolute atomic E-state index is 0.136. The maximum absolute atomic E-state index is 12.9. The molecule has 0 radical (unpaired) electrons. The van der Waals surface area contributed by atoms with Gasteiger partial charge in [-0.05, 0) is 29.3 Å². The highest BCUT2D eigenvalue weighted by Gasteiger charge is 2.41. The molecular weight excluding hydrogens is 403 g/mol. The van der Waals surface area contributed by atoms with E-state index in [0.717, 1.165) is 21.2 Å². The Balaban J connectivity index is 1.83. The van der Waals surface area contributed by atoms with E-state index in [0.29, 0.717) is 5.49 Å². The molecule has 0 fully saturated rings. The van der Waals surface area contributed by atoms with Crippen molar-refractivity contribution in [3.63, 3.8) is 0 Å². The summed E-state index contributed by atoms with van der Waals surface area (Å²) in [5.74, 6) is 0.251. The van der Waals surface area contributed by atoms with Crippen LogP contribution in [-0.2, 0) is 16.0 Å². The Labute approximate surface area is 176 Å². The predicted octanol–water partition coefficient (Wildman–Crippen LogP) is 4.55. The molecule has 0 saturated carbocycles. The molecule has 3 rings (SSSR count). The van der Waals surface area contributed by atoms with Gasteiger partial charge in [0.25, 0.3) is 0 Å². The first-order chi connectivity index (χ1) is 14.0. The molecule has 2 unspecified atom stereocenters. The number of aliphatic carboxylic acids is 1. The van der Waals surface area contributed by atoms with Crippen molar-refractivity contribution >= 4 is 42.1 Å². The fourth-order valence-electron chi connectivity index (χ4n) is 3.21. The zero-order chi connectivity index (χ0) is 20.7. The Morgan fingerprint density at radius 3 is 2.52 bits per heavy atom. The van der Waals surface area contributed by atoms with Crippen molar-refractivity contribution in [2.75, 3.05) is 12.1 Å². The van der Waals surface area contributed by atoms with E-state index in [1.54, 1.807) is 6.92 Å². The molecule has 3 aromatic carbocycles. The predicted molar refractivity (Wildman–Crippen MR) is 120 cm³/mol. The van der Waals surface area contributed by atoms with Crippen LogP contribution in [-0.4, -0.2) is 34.6 Å². The lowest BCUT2D eigenvalue weighted by atomic mass is 9.96. The van der Waals surface area contributed by atoms with Gasteiger partial charge in [0.15, 0.2) is 5.49 Å². The number of fused-ring (bicyclic) bond motifs is 1. The molecule has 6 heteroatoms. The van der Waals surface area contributed by atoms with Gasteiger partial charge in [-0.2, -0.15) is 0 Å². The van der Waals surface area contributed by atoms with E-state index in [-0.39, 0.29) is 13.0 Å². The lowest BCUT2D eigenvalue weighted by Crippen LogP contribution is -2.45. The fraction of sp³-hybridized carbons (Fsp3) is 0.217. The fourth-order valence-corrected chi connectivity index (χ4v) is 5.83. The lowest BCUT2D eigenvalue weighted by Gasteiger charge is -2.24. The number of ether oxygens (including phenoxy) is 1. The van der Waals surface area contributed by atoms with Gasteiger partial charge in [0.1, 0.15) is 5.80 Å².